The van der Waals surface area contributed by atoms with Gasteiger partial charge in [-0.2, -0.15) is 0 Å². The van der Waals surface area contributed by atoms with E-state index >= 15 is 0 Å². The molecule has 1 aromatic heterocycles. The number of amidine groups is 1. The number of hydrogen-bond donors (Lipinski definition) is 3. The zero-order chi connectivity index (χ0) is 48.5. The molecule has 0 radical (unpaired) electrons. The van der Waals surface area contributed by atoms with E-state index in [0.717, 1.165) is 99.3 Å². The second kappa shape index (κ2) is 26.4. The van der Waals surface area contributed by atoms with Gasteiger partial charge in [-0.25, -0.2) is 9.98 Å². The van der Waals surface area contributed by atoms with Gasteiger partial charge in [0.2, 0.25) is 6.23 Å². The van der Waals surface area contributed by atoms with Crippen LogP contribution in [0, 0.1) is 17.8 Å². The maximum absolute atomic E-state index is 10.2. The molecule has 0 bridgehead atoms. The second-order valence-electron chi connectivity index (χ2n) is 19.0. The number of aliphatic imine (C=N–C) groups is 2. The first-order chi connectivity index (χ1) is 32.4. The maximum Gasteiger partial charge on any atom is 0.227 e. The number of hydrogen-bond acceptors (Lipinski definition) is 11. The van der Waals surface area contributed by atoms with Crippen molar-refractivity contribution in [3.8, 4) is 0 Å². The molecule has 0 amide bonds. The SMILES string of the molecule is C=C1CCC=C2OC2N1.C=NC(C)=N/C(=C\C)C1CCN(C2CCC(N3CCN(C)c4ccccc43)CC2)CC1.CC.CCC(C)CN(CC(C)CC)c1cc(C2=CCCC=C2O)nnc1N. The van der Waals surface area contributed by atoms with E-state index in [1.165, 1.54) is 68.7 Å². The maximum atomic E-state index is 10.2. The lowest BCUT2D eigenvalue weighted by molar-refractivity contribution is 0.109. The summed E-state index contributed by atoms with van der Waals surface area (Å²) in [6.07, 6.45) is 22.2. The van der Waals surface area contributed by atoms with Crippen molar-refractivity contribution >= 4 is 41.0 Å². The van der Waals surface area contributed by atoms with Crippen molar-refractivity contribution in [1.29, 1.82) is 0 Å². The number of nitrogen functional groups attached to an aromatic ring is 1. The normalized spacial score (nSPS) is 22.9. The van der Waals surface area contributed by atoms with Crippen molar-refractivity contribution < 1.29 is 9.84 Å². The highest BCUT2D eigenvalue weighted by molar-refractivity contribution is 5.84. The molecule has 0 spiro atoms. The fourth-order valence-electron chi connectivity index (χ4n) is 9.78. The van der Waals surface area contributed by atoms with Gasteiger partial charge in [0.15, 0.2) is 11.6 Å². The van der Waals surface area contributed by atoms with Crippen LogP contribution in [0.15, 0.2) is 94.1 Å². The Hall–Kier alpha value is -5.10. The second-order valence-corrected chi connectivity index (χ2v) is 19.0. The molecule has 2 aliphatic carbocycles. The molecule has 2 aromatic rings. The lowest BCUT2D eigenvalue weighted by Crippen LogP contribution is -2.49. The lowest BCUT2D eigenvalue weighted by atomic mass is 9.86. The van der Waals surface area contributed by atoms with Crippen LogP contribution in [0.1, 0.15) is 138 Å². The summed E-state index contributed by atoms with van der Waals surface area (Å²) in [5, 5.41) is 21.7. The van der Waals surface area contributed by atoms with Gasteiger partial charge in [0, 0.05) is 68.2 Å². The molecule has 12 heteroatoms. The van der Waals surface area contributed by atoms with Gasteiger partial charge >= 0.3 is 0 Å². The van der Waals surface area contributed by atoms with Gasteiger partial charge in [0.25, 0.3) is 0 Å². The van der Waals surface area contributed by atoms with Crippen molar-refractivity contribution in [2.45, 2.75) is 151 Å². The molecule has 5 heterocycles. The summed E-state index contributed by atoms with van der Waals surface area (Å²) in [4.78, 5) is 18.8. The molecule has 368 valence electrons. The molecule has 3 atom stereocenters. The number of fused-ring (bicyclic) bond motifs is 2. The molecule has 2 saturated heterocycles. The first-order valence-electron chi connectivity index (χ1n) is 25.7. The molecule has 4 N–H and O–H groups in total. The van der Waals surface area contributed by atoms with E-state index in [-0.39, 0.29) is 12.0 Å². The summed E-state index contributed by atoms with van der Waals surface area (Å²) in [5.41, 5.74) is 13.7. The van der Waals surface area contributed by atoms with E-state index in [2.05, 4.69) is 136 Å². The van der Waals surface area contributed by atoms with Crippen molar-refractivity contribution in [3.05, 3.63) is 89.8 Å². The number of aliphatic hydroxyl groups excluding tert-OH is 1. The fourth-order valence-corrected chi connectivity index (χ4v) is 9.78. The predicted molar refractivity (Wildman–Crippen MR) is 285 cm³/mol. The summed E-state index contributed by atoms with van der Waals surface area (Å²) in [7, 11) is 2.22. The van der Waals surface area contributed by atoms with E-state index in [1.54, 1.807) is 0 Å². The van der Waals surface area contributed by atoms with Crippen LogP contribution >= 0.6 is 0 Å². The Morgan fingerprint density at radius 1 is 0.925 bits per heavy atom. The zero-order valence-corrected chi connectivity index (χ0v) is 42.8. The van der Waals surface area contributed by atoms with Gasteiger partial charge in [-0.05, 0) is 140 Å². The lowest BCUT2D eigenvalue weighted by Gasteiger charge is -2.46. The molecule has 12 nitrogen and oxygen atoms in total. The number of para-hydroxylation sites is 2. The van der Waals surface area contributed by atoms with Crippen LogP contribution < -0.4 is 25.8 Å². The molecule has 3 fully saturated rings. The monoisotopic (exact) mass is 919 g/mol. The standard InChI is InChI=1S/C26H39N5.C20H32N4O.C7H9NO.C2H6/c1-5-24(28-20(2)27-3)21-14-16-30(17-15-21)22-10-12-23(13-11-22)31-19-18-29(4)25-8-6-7-9-26(25)31;1-5-14(3)12-24(13-15(4)6-2)18-11-17(22-23-20(18)21)16-9-7-8-10-19(16)25;1-5-3-2-4-6-7(8-5)9-6;1-2/h5-9,21-23H,3,10-19H2,1-2,4H3;9-11,14-15,25H,5-8,12-13H2,1-4H3,(H2,21,23);4,7-8H,1-3H2;1-2H3/b24-5-,28-20?;;;. The number of anilines is 4. The Morgan fingerprint density at radius 3 is 2.19 bits per heavy atom. The number of nitrogens with one attached hydrogen (secondary N) is 1. The van der Waals surface area contributed by atoms with Crippen molar-refractivity contribution in [2.24, 2.45) is 27.7 Å². The number of piperidine rings is 1. The van der Waals surface area contributed by atoms with Gasteiger partial charge in [-0.15, -0.1) is 10.2 Å². The number of benzene rings is 1. The number of aliphatic hydroxyl groups is 1. The number of allylic oxidation sites excluding steroid dienone is 7. The Morgan fingerprint density at radius 2 is 1.57 bits per heavy atom. The number of nitrogens with two attached hydrogens (primary N) is 1. The van der Waals surface area contributed by atoms with Gasteiger partial charge in [-0.3, -0.25) is 0 Å². The van der Waals surface area contributed by atoms with Crippen LogP contribution in [0.4, 0.5) is 22.9 Å². The van der Waals surface area contributed by atoms with E-state index in [4.69, 9.17) is 10.5 Å². The Kier molecular flexibility index (Phi) is 20.9. The van der Waals surface area contributed by atoms with Crippen LogP contribution in [-0.4, -0.2) is 97.4 Å². The average molecular weight is 919 g/mol. The van der Waals surface area contributed by atoms with E-state index < -0.39 is 0 Å². The molecular weight excluding hydrogens is 833 g/mol. The smallest absolute Gasteiger partial charge is 0.227 e. The van der Waals surface area contributed by atoms with E-state index in [0.29, 0.717) is 35.3 Å². The topological polar surface area (TPSA) is 134 Å². The Labute approximate surface area is 404 Å². The number of ether oxygens (including phenoxy) is 1. The van der Waals surface area contributed by atoms with Gasteiger partial charge in [0.1, 0.15) is 11.6 Å². The van der Waals surface area contributed by atoms with Crippen LogP contribution in [0.5, 0.6) is 0 Å². The fraction of sp³-hybridized carbons (Fsp3) is 0.600. The highest BCUT2D eigenvalue weighted by Crippen LogP contribution is 2.38. The first-order valence-corrected chi connectivity index (χ1v) is 25.7. The summed E-state index contributed by atoms with van der Waals surface area (Å²) in [5.74, 6) is 4.32. The molecule has 1 aromatic carbocycles. The average Bonchev–Trinajstić information content (AvgIpc) is 4.13. The van der Waals surface area contributed by atoms with Gasteiger partial charge in [0.05, 0.1) is 22.8 Å². The summed E-state index contributed by atoms with van der Waals surface area (Å²) < 4.78 is 5.12. The quantitative estimate of drug-likeness (QED) is 0.107. The summed E-state index contributed by atoms with van der Waals surface area (Å²) >= 11 is 0. The number of epoxide rings is 1. The number of likely N-dealkylation sites (N-methyl/N-ethyl adjacent to an activating group) is 1. The summed E-state index contributed by atoms with van der Waals surface area (Å²) in [6.45, 7) is 31.0. The number of aromatic nitrogens is 2. The first kappa shape index (κ1) is 52.9. The molecule has 4 aliphatic heterocycles. The van der Waals surface area contributed by atoms with Crippen molar-refractivity contribution in [1.82, 2.24) is 20.4 Å². The van der Waals surface area contributed by atoms with Crippen LogP contribution in [0.2, 0.25) is 0 Å². The minimum absolute atomic E-state index is 0.181. The third-order valence-corrected chi connectivity index (χ3v) is 14.3. The molecule has 67 heavy (non-hydrogen) atoms. The molecular formula is C55H86N10O2. The Bertz CT molecular complexity index is 2050. The van der Waals surface area contributed by atoms with Gasteiger partial charge < -0.3 is 40.5 Å². The number of likely N-dealkylation sites (tertiary alicyclic amines) is 1. The highest BCUT2D eigenvalue weighted by atomic mass is 16.6. The highest BCUT2D eigenvalue weighted by Gasteiger charge is 2.35. The number of rotatable bonds is 12. The predicted octanol–water partition coefficient (Wildman–Crippen LogP) is 11.7. The summed E-state index contributed by atoms with van der Waals surface area (Å²) in [6, 6.07) is 12.4. The third kappa shape index (κ3) is 14.9. The van der Waals surface area contributed by atoms with Crippen LogP contribution in [-0.2, 0) is 4.74 Å². The molecule has 6 aliphatic rings. The third-order valence-electron chi connectivity index (χ3n) is 14.3. The van der Waals surface area contributed by atoms with E-state index in [1.807, 2.05) is 39.0 Å². The largest absolute Gasteiger partial charge is 0.508 e. The van der Waals surface area contributed by atoms with Crippen molar-refractivity contribution in [2.75, 3.05) is 66.7 Å². The molecule has 1 saturated carbocycles. The minimum atomic E-state index is 0.181. The van der Waals surface area contributed by atoms with E-state index in [9.17, 15) is 5.11 Å². The van der Waals surface area contributed by atoms with Crippen LogP contribution in [0.25, 0.3) is 5.57 Å². The Balaban J connectivity index is 0.000000207. The zero-order valence-electron chi connectivity index (χ0n) is 42.8. The molecule has 8 rings (SSSR count). The van der Waals surface area contributed by atoms with Crippen LogP contribution in [0.3, 0.4) is 0 Å². The molecule has 3 unspecified atom stereocenters. The van der Waals surface area contributed by atoms with Crippen molar-refractivity contribution in [3.63, 3.8) is 0 Å². The number of nitrogens with zero attached hydrogens (tertiary/aromatic N) is 8. The minimum Gasteiger partial charge on any atom is -0.508 e. The van der Waals surface area contributed by atoms with Gasteiger partial charge in [-0.1, -0.05) is 85.2 Å².